The van der Waals surface area contributed by atoms with Gasteiger partial charge in [0.2, 0.25) is 0 Å². The minimum atomic E-state index is -0.113. The van der Waals surface area contributed by atoms with Crippen molar-refractivity contribution in [3.05, 3.63) is 23.8 Å². The maximum absolute atomic E-state index is 6.26. The molecule has 0 saturated carbocycles. The molecule has 2 rings (SSSR count). The van der Waals surface area contributed by atoms with Gasteiger partial charge in [0.1, 0.15) is 17.1 Å². The van der Waals surface area contributed by atoms with E-state index in [2.05, 4.69) is 44.2 Å². The molecule has 0 amide bonds. The molecule has 1 aromatic carbocycles. The molecule has 0 fully saturated rings. The Morgan fingerprint density at radius 1 is 1.41 bits per heavy atom. The molecular weight excluding hydrogens is 276 g/mol. The van der Waals surface area contributed by atoms with Crippen LogP contribution in [0.3, 0.4) is 0 Å². The van der Waals surface area contributed by atoms with E-state index in [0.29, 0.717) is 6.04 Å². The molecule has 1 N–H and O–H groups in total. The van der Waals surface area contributed by atoms with E-state index in [9.17, 15) is 0 Å². The normalized spacial score (nSPS) is 24.0. The van der Waals surface area contributed by atoms with E-state index in [4.69, 9.17) is 9.47 Å². The Balaban J connectivity index is 2.12. The number of ether oxygens (including phenoxy) is 2. The van der Waals surface area contributed by atoms with Crippen LogP contribution in [-0.4, -0.2) is 44.8 Å². The number of methoxy groups -OCH3 is 1. The van der Waals surface area contributed by atoms with Crippen molar-refractivity contribution >= 4 is 0 Å². The van der Waals surface area contributed by atoms with E-state index in [-0.39, 0.29) is 5.60 Å². The SMILES string of the molecule is CCC1(C)CC(NCCCN(C)C)c2ccc(OC)cc2O1. The van der Waals surface area contributed by atoms with Crippen LogP contribution in [-0.2, 0) is 0 Å². The number of fused-ring (bicyclic) bond motifs is 1. The Morgan fingerprint density at radius 2 is 2.18 bits per heavy atom. The molecule has 0 spiro atoms. The largest absolute Gasteiger partial charge is 0.497 e. The summed E-state index contributed by atoms with van der Waals surface area (Å²) in [4.78, 5) is 2.22. The first-order valence-corrected chi connectivity index (χ1v) is 8.22. The standard InChI is InChI=1S/C18H30N2O2/c1-6-18(2)13-16(19-10-7-11-20(3)4)15-9-8-14(21-5)12-17(15)22-18/h8-9,12,16,19H,6-7,10-11,13H2,1-5H3. The highest BCUT2D eigenvalue weighted by Gasteiger charge is 2.35. The second-order valence-corrected chi connectivity index (χ2v) is 6.68. The predicted octanol–water partition coefficient (Wildman–Crippen LogP) is 3.23. The highest BCUT2D eigenvalue weighted by molar-refractivity contribution is 5.44. The van der Waals surface area contributed by atoms with Crippen molar-refractivity contribution < 1.29 is 9.47 Å². The Kier molecular flexibility index (Phi) is 5.70. The highest BCUT2D eigenvalue weighted by Crippen LogP contribution is 2.42. The zero-order chi connectivity index (χ0) is 16.2. The quantitative estimate of drug-likeness (QED) is 0.784. The third-order valence-electron chi connectivity index (χ3n) is 4.51. The summed E-state index contributed by atoms with van der Waals surface area (Å²) in [5.41, 5.74) is 1.13. The van der Waals surface area contributed by atoms with E-state index in [1.54, 1.807) is 7.11 Å². The zero-order valence-corrected chi connectivity index (χ0v) is 14.6. The molecule has 2 unspecified atom stereocenters. The Morgan fingerprint density at radius 3 is 2.82 bits per heavy atom. The van der Waals surface area contributed by atoms with Crippen LogP contribution in [0.15, 0.2) is 18.2 Å². The monoisotopic (exact) mass is 306 g/mol. The lowest BCUT2D eigenvalue weighted by Gasteiger charge is -2.40. The van der Waals surface area contributed by atoms with Gasteiger partial charge in [-0.25, -0.2) is 0 Å². The van der Waals surface area contributed by atoms with Gasteiger partial charge in [0, 0.05) is 24.1 Å². The molecule has 1 aromatic rings. The molecule has 4 nitrogen and oxygen atoms in total. The molecule has 0 bridgehead atoms. The van der Waals surface area contributed by atoms with Crippen molar-refractivity contribution in [2.75, 3.05) is 34.3 Å². The number of nitrogens with zero attached hydrogens (tertiary/aromatic N) is 1. The first-order valence-electron chi connectivity index (χ1n) is 8.22. The lowest BCUT2D eigenvalue weighted by Crippen LogP contribution is -2.41. The van der Waals surface area contributed by atoms with Gasteiger partial charge in [0.15, 0.2) is 0 Å². The molecule has 1 aliphatic rings. The van der Waals surface area contributed by atoms with E-state index in [1.807, 2.05) is 12.1 Å². The smallest absolute Gasteiger partial charge is 0.128 e. The van der Waals surface area contributed by atoms with Gasteiger partial charge < -0.3 is 19.7 Å². The molecule has 0 aliphatic carbocycles. The van der Waals surface area contributed by atoms with Crippen molar-refractivity contribution in [2.24, 2.45) is 0 Å². The Hall–Kier alpha value is -1.26. The fraction of sp³-hybridized carbons (Fsp3) is 0.667. The van der Waals surface area contributed by atoms with Crippen LogP contribution in [0.25, 0.3) is 0 Å². The zero-order valence-electron chi connectivity index (χ0n) is 14.6. The van der Waals surface area contributed by atoms with Gasteiger partial charge in [0.05, 0.1) is 7.11 Å². The van der Waals surface area contributed by atoms with Crippen LogP contribution in [0.1, 0.15) is 44.7 Å². The number of rotatable bonds is 7. The average Bonchev–Trinajstić information content (AvgIpc) is 2.50. The van der Waals surface area contributed by atoms with Crippen LogP contribution >= 0.6 is 0 Å². The van der Waals surface area contributed by atoms with Gasteiger partial charge in [-0.05, 0) is 53.0 Å². The van der Waals surface area contributed by atoms with Gasteiger partial charge in [0.25, 0.3) is 0 Å². The van der Waals surface area contributed by atoms with Crippen LogP contribution in [0.5, 0.6) is 11.5 Å². The molecule has 0 saturated heterocycles. The average molecular weight is 306 g/mol. The van der Waals surface area contributed by atoms with Crippen molar-refractivity contribution in [2.45, 2.75) is 44.8 Å². The molecule has 124 valence electrons. The number of hydrogen-bond donors (Lipinski definition) is 1. The van der Waals surface area contributed by atoms with Gasteiger partial charge in [-0.3, -0.25) is 0 Å². The van der Waals surface area contributed by atoms with Crippen molar-refractivity contribution in [3.8, 4) is 11.5 Å². The summed E-state index contributed by atoms with van der Waals surface area (Å²) in [5.74, 6) is 1.81. The molecule has 1 aliphatic heterocycles. The third kappa shape index (κ3) is 4.14. The van der Waals surface area contributed by atoms with E-state index in [0.717, 1.165) is 43.9 Å². The third-order valence-corrected chi connectivity index (χ3v) is 4.51. The predicted molar refractivity (Wildman–Crippen MR) is 90.8 cm³/mol. The number of nitrogens with one attached hydrogen (secondary N) is 1. The topological polar surface area (TPSA) is 33.7 Å². The highest BCUT2D eigenvalue weighted by atomic mass is 16.5. The molecular formula is C18H30N2O2. The lowest BCUT2D eigenvalue weighted by atomic mass is 9.86. The molecule has 2 atom stereocenters. The summed E-state index contributed by atoms with van der Waals surface area (Å²) in [5, 5.41) is 3.71. The molecule has 0 radical (unpaired) electrons. The van der Waals surface area contributed by atoms with Crippen LogP contribution in [0.4, 0.5) is 0 Å². The fourth-order valence-electron chi connectivity index (χ4n) is 2.94. The second kappa shape index (κ2) is 7.34. The summed E-state index contributed by atoms with van der Waals surface area (Å²) in [7, 11) is 5.93. The molecule has 4 heteroatoms. The van der Waals surface area contributed by atoms with Crippen LogP contribution in [0.2, 0.25) is 0 Å². The van der Waals surface area contributed by atoms with Gasteiger partial charge >= 0.3 is 0 Å². The lowest BCUT2D eigenvalue weighted by molar-refractivity contribution is 0.0439. The fourth-order valence-corrected chi connectivity index (χ4v) is 2.94. The molecule has 0 aromatic heterocycles. The summed E-state index contributed by atoms with van der Waals surface area (Å²) in [6.07, 6.45) is 3.16. The van der Waals surface area contributed by atoms with Crippen molar-refractivity contribution in [1.82, 2.24) is 10.2 Å². The maximum Gasteiger partial charge on any atom is 0.128 e. The van der Waals surface area contributed by atoms with Crippen molar-refractivity contribution in [3.63, 3.8) is 0 Å². The minimum absolute atomic E-state index is 0.113. The number of hydrogen-bond acceptors (Lipinski definition) is 4. The Bertz CT molecular complexity index is 490. The summed E-state index contributed by atoms with van der Waals surface area (Å²) in [6, 6.07) is 6.51. The van der Waals surface area contributed by atoms with Crippen LogP contribution in [0, 0.1) is 0 Å². The Labute approximate surface area is 134 Å². The molecule has 1 heterocycles. The van der Waals surface area contributed by atoms with E-state index < -0.39 is 0 Å². The summed E-state index contributed by atoms with van der Waals surface area (Å²) < 4.78 is 11.6. The van der Waals surface area contributed by atoms with Gasteiger partial charge in [-0.1, -0.05) is 13.0 Å². The first kappa shape index (κ1) is 17.1. The van der Waals surface area contributed by atoms with Crippen molar-refractivity contribution in [1.29, 1.82) is 0 Å². The minimum Gasteiger partial charge on any atom is -0.497 e. The van der Waals surface area contributed by atoms with Gasteiger partial charge in [-0.2, -0.15) is 0 Å². The first-order chi connectivity index (χ1) is 10.5. The maximum atomic E-state index is 6.26. The molecule has 22 heavy (non-hydrogen) atoms. The van der Waals surface area contributed by atoms with Crippen LogP contribution < -0.4 is 14.8 Å². The summed E-state index contributed by atoms with van der Waals surface area (Å²) in [6.45, 7) is 6.52. The van der Waals surface area contributed by atoms with Gasteiger partial charge in [-0.15, -0.1) is 0 Å². The second-order valence-electron chi connectivity index (χ2n) is 6.68. The van der Waals surface area contributed by atoms with E-state index in [1.165, 1.54) is 5.56 Å². The number of benzene rings is 1. The van der Waals surface area contributed by atoms with E-state index >= 15 is 0 Å². The summed E-state index contributed by atoms with van der Waals surface area (Å²) >= 11 is 0.